The van der Waals surface area contributed by atoms with Crippen molar-refractivity contribution in [2.45, 2.75) is 11.4 Å². The number of halogens is 1. The molecule has 1 aliphatic heterocycles. The van der Waals surface area contributed by atoms with Crippen LogP contribution in [0.5, 0.6) is 5.75 Å². The molecular weight excluding hydrogens is 494 g/mol. The van der Waals surface area contributed by atoms with E-state index in [1.54, 1.807) is 42.5 Å². The maximum Gasteiger partial charge on any atom is 0.286 e. The molecule has 1 aromatic heterocycles. The smallest absolute Gasteiger partial charge is 0.286 e. The second-order valence-electron chi connectivity index (χ2n) is 7.29. The Morgan fingerprint density at radius 2 is 1.66 bits per heavy atom. The van der Waals surface area contributed by atoms with Crippen molar-refractivity contribution < 1.29 is 13.5 Å². The first kappa shape index (κ1) is 20.5. The molecule has 3 aromatic carbocycles. The summed E-state index contributed by atoms with van der Waals surface area (Å²) in [5, 5.41) is 14.3. The zero-order valence-electron chi connectivity index (χ0n) is 16.5. The highest BCUT2D eigenvalue weighted by atomic mass is 79.9. The molecule has 9 heteroatoms. The Balaban J connectivity index is 1.75. The minimum atomic E-state index is -4.04. The van der Waals surface area contributed by atoms with Crippen LogP contribution in [0.1, 0.15) is 11.1 Å². The Morgan fingerprint density at radius 1 is 0.969 bits per heavy atom. The molecule has 0 fully saturated rings. The zero-order valence-corrected chi connectivity index (χ0v) is 18.9. The van der Waals surface area contributed by atoms with Crippen LogP contribution in [0.15, 0.2) is 91.4 Å². The number of nitrogens with zero attached hydrogens (tertiary/aromatic N) is 2. The van der Waals surface area contributed by atoms with Crippen LogP contribution < -0.4 is 10.9 Å². The summed E-state index contributed by atoms with van der Waals surface area (Å²) in [5.41, 5.74) is 0.947. The lowest BCUT2D eigenvalue weighted by Gasteiger charge is -2.20. The topological polar surface area (TPSA) is 101 Å². The molecule has 0 amide bonds. The van der Waals surface area contributed by atoms with E-state index in [1.165, 1.54) is 10.6 Å². The van der Waals surface area contributed by atoms with E-state index in [1.807, 2.05) is 24.3 Å². The fourth-order valence-corrected chi connectivity index (χ4v) is 5.14. The molecule has 0 radical (unpaired) electrons. The van der Waals surface area contributed by atoms with Gasteiger partial charge in [0.05, 0.1) is 17.7 Å². The van der Waals surface area contributed by atoms with E-state index >= 15 is 0 Å². The molecular formula is C23H16BrN3O4S. The molecule has 0 atom stereocenters. The second kappa shape index (κ2) is 7.61. The Kier molecular flexibility index (Phi) is 4.87. The SMILES string of the molecule is O=c1c(C2=NS(=O)(=O)c3ccccc3N2)c(O)c2ccccc2n1Cc1ccc(Br)cc1. The predicted molar refractivity (Wildman–Crippen MR) is 127 cm³/mol. The van der Waals surface area contributed by atoms with Crippen molar-refractivity contribution in [1.29, 1.82) is 0 Å². The third kappa shape index (κ3) is 3.39. The first-order valence-corrected chi connectivity index (χ1v) is 11.9. The van der Waals surface area contributed by atoms with Gasteiger partial charge in [0.25, 0.3) is 15.6 Å². The summed E-state index contributed by atoms with van der Waals surface area (Å²) in [6, 6.07) is 20.7. The molecule has 7 nitrogen and oxygen atoms in total. The fourth-order valence-electron chi connectivity index (χ4n) is 3.76. The Morgan fingerprint density at radius 3 is 2.44 bits per heavy atom. The van der Waals surface area contributed by atoms with E-state index in [2.05, 4.69) is 25.6 Å². The van der Waals surface area contributed by atoms with Crippen molar-refractivity contribution in [3.05, 3.63) is 98.7 Å². The quantitative estimate of drug-likeness (QED) is 0.433. The first-order valence-electron chi connectivity index (χ1n) is 9.65. The normalized spacial score (nSPS) is 14.5. The number of para-hydroxylation sites is 2. The lowest BCUT2D eigenvalue weighted by molar-refractivity contribution is 0.478. The Hall–Kier alpha value is -3.43. The molecule has 4 aromatic rings. The number of hydrogen-bond acceptors (Lipinski definition) is 5. The summed E-state index contributed by atoms with van der Waals surface area (Å²) >= 11 is 3.40. The van der Waals surface area contributed by atoms with Gasteiger partial charge in [-0.2, -0.15) is 8.42 Å². The van der Waals surface area contributed by atoms with Crippen LogP contribution in [0, 0.1) is 0 Å². The summed E-state index contributed by atoms with van der Waals surface area (Å²) in [6.45, 7) is 0.233. The summed E-state index contributed by atoms with van der Waals surface area (Å²) in [5.74, 6) is -0.528. The molecule has 2 N–H and O–H groups in total. The monoisotopic (exact) mass is 509 g/mol. The molecule has 0 bridgehead atoms. The van der Waals surface area contributed by atoms with Gasteiger partial charge in [-0.15, -0.1) is 4.40 Å². The third-order valence-electron chi connectivity index (χ3n) is 5.27. The average molecular weight is 510 g/mol. The minimum Gasteiger partial charge on any atom is -0.506 e. The molecule has 32 heavy (non-hydrogen) atoms. The molecule has 0 saturated carbocycles. The van der Waals surface area contributed by atoms with Crippen LogP contribution in [-0.4, -0.2) is 23.9 Å². The van der Waals surface area contributed by atoms with Gasteiger partial charge >= 0.3 is 0 Å². The molecule has 0 unspecified atom stereocenters. The lowest BCUT2D eigenvalue weighted by atomic mass is 10.1. The van der Waals surface area contributed by atoms with Crippen LogP contribution in [0.4, 0.5) is 5.69 Å². The largest absolute Gasteiger partial charge is 0.506 e. The molecule has 160 valence electrons. The molecule has 0 spiro atoms. The summed E-state index contributed by atoms with van der Waals surface area (Å²) in [6.07, 6.45) is 0. The molecule has 2 heterocycles. The highest BCUT2D eigenvalue weighted by Crippen LogP contribution is 2.32. The van der Waals surface area contributed by atoms with Gasteiger partial charge in [-0.3, -0.25) is 4.79 Å². The standard InChI is InChI=1S/C23H16BrN3O4S/c24-15-11-9-14(10-12-15)13-27-18-7-3-1-5-16(18)21(28)20(23(27)29)22-25-17-6-2-4-8-19(17)32(30,31)26-22/h1-12,28H,13H2,(H,25,26). The number of amidine groups is 1. The number of pyridine rings is 1. The van der Waals surface area contributed by atoms with Crippen molar-refractivity contribution in [2.24, 2.45) is 4.40 Å². The van der Waals surface area contributed by atoms with Crippen molar-refractivity contribution in [1.82, 2.24) is 4.57 Å². The molecule has 5 rings (SSSR count). The van der Waals surface area contributed by atoms with Crippen molar-refractivity contribution in [2.75, 3.05) is 5.32 Å². The van der Waals surface area contributed by atoms with Gasteiger partial charge in [-0.25, -0.2) is 0 Å². The number of rotatable bonds is 3. The lowest BCUT2D eigenvalue weighted by Crippen LogP contribution is -2.33. The van der Waals surface area contributed by atoms with E-state index in [9.17, 15) is 18.3 Å². The van der Waals surface area contributed by atoms with Crippen LogP contribution in [0.3, 0.4) is 0 Å². The van der Waals surface area contributed by atoms with Gasteiger partial charge < -0.3 is 15.0 Å². The van der Waals surface area contributed by atoms with Gasteiger partial charge in [0.2, 0.25) is 0 Å². The number of sulfonamides is 1. The van der Waals surface area contributed by atoms with Crippen LogP contribution >= 0.6 is 15.9 Å². The predicted octanol–water partition coefficient (Wildman–Crippen LogP) is 4.08. The Bertz CT molecular complexity index is 1580. The van der Waals surface area contributed by atoms with Gasteiger partial charge in [0.1, 0.15) is 16.2 Å². The zero-order chi connectivity index (χ0) is 22.5. The maximum absolute atomic E-state index is 13.6. The maximum atomic E-state index is 13.6. The number of fused-ring (bicyclic) bond motifs is 2. The molecule has 0 saturated heterocycles. The van der Waals surface area contributed by atoms with Crippen LogP contribution in [0.25, 0.3) is 10.9 Å². The van der Waals surface area contributed by atoms with Crippen LogP contribution in [0.2, 0.25) is 0 Å². The van der Waals surface area contributed by atoms with Gasteiger partial charge in [0, 0.05) is 9.86 Å². The molecule has 0 aliphatic carbocycles. The van der Waals surface area contributed by atoms with E-state index in [-0.39, 0.29) is 28.6 Å². The van der Waals surface area contributed by atoms with Gasteiger partial charge in [0.15, 0.2) is 5.84 Å². The summed E-state index contributed by atoms with van der Waals surface area (Å²) < 4.78 is 31.7. The van der Waals surface area contributed by atoms with E-state index in [0.29, 0.717) is 16.6 Å². The van der Waals surface area contributed by atoms with Gasteiger partial charge in [-0.1, -0.05) is 52.3 Å². The number of aromatic hydroxyl groups is 1. The van der Waals surface area contributed by atoms with Crippen molar-refractivity contribution in [3.63, 3.8) is 0 Å². The second-order valence-corrected chi connectivity index (χ2v) is 9.78. The first-order chi connectivity index (χ1) is 15.3. The minimum absolute atomic E-state index is 0.0132. The Labute approximate surface area is 191 Å². The van der Waals surface area contributed by atoms with E-state index in [0.717, 1.165) is 10.0 Å². The number of benzene rings is 3. The highest BCUT2D eigenvalue weighted by Gasteiger charge is 2.29. The number of anilines is 1. The van der Waals surface area contributed by atoms with Crippen LogP contribution in [-0.2, 0) is 16.6 Å². The number of hydrogen-bond donors (Lipinski definition) is 2. The fraction of sp³-hybridized carbons (Fsp3) is 0.0435. The van der Waals surface area contributed by atoms with Gasteiger partial charge in [-0.05, 0) is 42.0 Å². The number of nitrogens with one attached hydrogen (secondary N) is 1. The summed E-state index contributed by atoms with van der Waals surface area (Å²) in [7, 11) is -4.04. The average Bonchev–Trinajstić information content (AvgIpc) is 2.78. The summed E-state index contributed by atoms with van der Waals surface area (Å²) in [4.78, 5) is 13.6. The van der Waals surface area contributed by atoms with Crippen molar-refractivity contribution in [3.8, 4) is 5.75 Å². The molecule has 1 aliphatic rings. The van der Waals surface area contributed by atoms with E-state index < -0.39 is 15.6 Å². The van der Waals surface area contributed by atoms with Crippen molar-refractivity contribution >= 4 is 48.4 Å². The van der Waals surface area contributed by atoms with E-state index in [4.69, 9.17) is 0 Å². The highest BCUT2D eigenvalue weighted by molar-refractivity contribution is 9.10. The third-order valence-corrected chi connectivity index (χ3v) is 7.13. The number of aromatic nitrogens is 1.